The first-order valence-electron chi connectivity index (χ1n) is 10.3. The van der Waals surface area contributed by atoms with Gasteiger partial charge in [-0.25, -0.2) is 13.4 Å². The molecular weight excluding hydrogens is 519 g/mol. The van der Waals surface area contributed by atoms with Crippen LogP contribution in [0.1, 0.15) is 44.6 Å². The highest BCUT2D eigenvalue weighted by atomic mass is 127. The maximum absolute atomic E-state index is 12.7. The van der Waals surface area contributed by atoms with Crippen LogP contribution in [0.4, 0.5) is 0 Å². The summed E-state index contributed by atoms with van der Waals surface area (Å²) in [6.07, 6.45) is 5.59. The van der Waals surface area contributed by atoms with Crippen LogP contribution in [-0.4, -0.2) is 55.9 Å². The molecule has 164 valence electrons. The summed E-state index contributed by atoms with van der Waals surface area (Å²) in [4.78, 5) is 5.03. The van der Waals surface area contributed by atoms with Crippen molar-refractivity contribution in [1.29, 1.82) is 0 Å². The number of halogens is 1. The van der Waals surface area contributed by atoms with Crippen LogP contribution in [0.25, 0.3) is 0 Å². The van der Waals surface area contributed by atoms with E-state index in [0.29, 0.717) is 29.8 Å². The van der Waals surface area contributed by atoms with E-state index in [4.69, 9.17) is 0 Å². The molecule has 0 spiro atoms. The van der Waals surface area contributed by atoms with Gasteiger partial charge in [0.1, 0.15) is 0 Å². The van der Waals surface area contributed by atoms with Crippen molar-refractivity contribution in [3.8, 4) is 0 Å². The predicted molar refractivity (Wildman–Crippen MR) is 133 cm³/mol. The number of piperidine rings is 1. The summed E-state index contributed by atoms with van der Waals surface area (Å²) >= 11 is 2.03. The van der Waals surface area contributed by atoms with E-state index in [1.807, 2.05) is 23.9 Å². The molecule has 9 heteroatoms. The summed E-state index contributed by atoms with van der Waals surface area (Å²) in [6.45, 7) is 5.59. The van der Waals surface area contributed by atoms with Crippen LogP contribution in [0.15, 0.2) is 34.2 Å². The third kappa shape index (κ3) is 7.29. The van der Waals surface area contributed by atoms with Crippen molar-refractivity contribution in [1.82, 2.24) is 14.9 Å². The second kappa shape index (κ2) is 12.4. The van der Waals surface area contributed by atoms with Crippen molar-refractivity contribution in [2.75, 3.05) is 31.9 Å². The van der Waals surface area contributed by atoms with Gasteiger partial charge in [0.05, 0.1) is 11.4 Å². The highest BCUT2D eigenvalue weighted by Gasteiger charge is 2.25. The minimum absolute atomic E-state index is 0. The number of nitrogens with one attached hydrogen (secondary N) is 2. The lowest BCUT2D eigenvalue weighted by Gasteiger charge is -2.25. The molecule has 2 aliphatic heterocycles. The molecule has 0 bridgehead atoms. The molecule has 29 heavy (non-hydrogen) atoms. The number of hydrogen-bond donors (Lipinski definition) is 2. The number of thioether (sulfide) groups is 1. The normalized spacial score (nSPS) is 20.9. The van der Waals surface area contributed by atoms with E-state index in [0.717, 1.165) is 43.9 Å². The van der Waals surface area contributed by atoms with Crippen molar-refractivity contribution in [3.05, 3.63) is 29.8 Å². The van der Waals surface area contributed by atoms with E-state index in [1.165, 1.54) is 18.6 Å². The number of hydrogen-bond acceptors (Lipinski definition) is 4. The molecule has 2 saturated heterocycles. The Bertz CT molecular complexity index is 744. The SMILES string of the molecule is CCNC(=NCc1ccc(S(=O)(=O)N2CCCCC2)cc1)NCC1CCCS1.I. The molecule has 2 N–H and O–H groups in total. The second-order valence-electron chi connectivity index (χ2n) is 7.32. The van der Waals surface area contributed by atoms with Gasteiger partial charge in [-0.1, -0.05) is 18.6 Å². The van der Waals surface area contributed by atoms with Gasteiger partial charge in [-0.05, 0) is 56.1 Å². The molecule has 0 aromatic heterocycles. The van der Waals surface area contributed by atoms with Crippen LogP contribution < -0.4 is 10.6 Å². The quantitative estimate of drug-likeness (QED) is 0.308. The maximum Gasteiger partial charge on any atom is 0.243 e. The second-order valence-corrected chi connectivity index (χ2v) is 10.7. The van der Waals surface area contributed by atoms with Gasteiger partial charge in [0.15, 0.2) is 5.96 Å². The monoisotopic (exact) mass is 552 g/mol. The number of sulfonamides is 1. The van der Waals surface area contributed by atoms with Crippen molar-refractivity contribution >= 4 is 51.7 Å². The number of rotatable bonds is 7. The lowest BCUT2D eigenvalue weighted by molar-refractivity contribution is 0.346. The van der Waals surface area contributed by atoms with Gasteiger partial charge in [-0.15, -0.1) is 24.0 Å². The van der Waals surface area contributed by atoms with Crippen LogP contribution in [0, 0.1) is 0 Å². The number of aliphatic imine (C=N–C) groups is 1. The van der Waals surface area contributed by atoms with Crippen molar-refractivity contribution in [2.24, 2.45) is 4.99 Å². The largest absolute Gasteiger partial charge is 0.357 e. The standard InChI is InChI=1S/C20H32N4O2S2.HI/c1-2-21-20(23-16-18-7-6-14-27-18)22-15-17-8-10-19(11-9-17)28(25,26)24-12-4-3-5-13-24;/h8-11,18H,2-7,12-16H2,1H3,(H2,21,22,23);1H. The number of nitrogens with zero attached hydrogens (tertiary/aromatic N) is 2. The van der Waals surface area contributed by atoms with Gasteiger partial charge in [-0.2, -0.15) is 16.1 Å². The number of guanidine groups is 1. The fourth-order valence-electron chi connectivity index (χ4n) is 3.55. The van der Waals surface area contributed by atoms with Gasteiger partial charge in [0.25, 0.3) is 0 Å². The Hall–Kier alpha value is -0.520. The Morgan fingerprint density at radius 2 is 1.86 bits per heavy atom. The molecular formula is C20H33IN4O2S2. The van der Waals surface area contributed by atoms with E-state index in [1.54, 1.807) is 16.4 Å². The molecule has 2 aliphatic rings. The summed E-state index contributed by atoms with van der Waals surface area (Å²) in [6, 6.07) is 7.17. The molecule has 6 nitrogen and oxygen atoms in total. The zero-order valence-electron chi connectivity index (χ0n) is 17.1. The topological polar surface area (TPSA) is 73.8 Å². The lowest BCUT2D eigenvalue weighted by atomic mass is 10.2. The maximum atomic E-state index is 12.7. The summed E-state index contributed by atoms with van der Waals surface area (Å²) in [5.74, 6) is 2.08. The Morgan fingerprint density at radius 3 is 2.48 bits per heavy atom. The first kappa shape index (κ1) is 24.7. The number of benzene rings is 1. The Balaban J connectivity index is 0.00000300. The zero-order chi connectivity index (χ0) is 19.8. The average Bonchev–Trinajstić information content (AvgIpc) is 3.25. The average molecular weight is 553 g/mol. The molecule has 0 radical (unpaired) electrons. The summed E-state index contributed by atoms with van der Waals surface area (Å²) in [5, 5.41) is 7.38. The molecule has 1 aromatic carbocycles. The third-order valence-electron chi connectivity index (χ3n) is 5.16. The van der Waals surface area contributed by atoms with Crippen LogP contribution in [0.5, 0.6) is 0 Å². The van der Waals surface area contributed by atoms with E-state index < -0.39 is 10.0 Å². The molecule has 1 aromatic rings. The molecule has 1 atom stereocenters. The Labute approximate surface area is 196 Å². The summed E-state index contributed by atoms with van der Waals surface area (Å²) < 4.78 is 27.1. The van der Waals surface area contributed by atoms with Crippen LogP contribution in [0.2, 0.25) is 0 Å². The predicted octanol–water partition coefficient (Wildman–Crippen LogP) is 3.43. The summed E-state index contributed by atoms with van der Waals surface area (Å²) in [5.41, 5.74) is 1.00. The van der Waals surface area contributed by atoms with Crippen LogP contribution >= 0.6 is 35.7 Å². The molecule has 0 aliphatic carbocycles. The molecule has 3 rings (SSSR count). The minimum atomic E-state index is -3.37. The van der Waals surface area contributed by atoms with Gasteiger partial charge >= 0.3 is 0 Å². The molecule has 2 fully saturated rings. The molecule has 0 saturated carbocycles. The Kier molecular flexibility index (Phi) is 10.5. The first-order chi connectivity index (χ1) is 13.6. The van der Waals surface area contributed by atoms with Gasteiger partial charge in [0.2, 0.25) is 10.0 Å². The van der Waals surface area contributed by atoms with Crippen molar-refractivity contribution < 1.29 is 8.42 Å². The minimum Gasteiger partial charge on any atom is -0.357 e. The van der Waals surface area contributed by atoms with Crippen LogP contribution in [0.3, 0.4) is 0 Å². The van der Waals surface area contributed by atoms with E-state index >= 15 is 0 Å². The van der Waals surface area contributed by atoms with Gasteiger partial charge in [-0.3, -0.25) is 0 Å². The lowest BCUT2D eigenvalue weighted by Crippen LogP contribution is -2.40. The third-order valence-corrected chi connectivity index (χ3v) is 8.47. The van der Waals surface area contributed by atoms with Gasteiger partial charge in [0, 0.05) is 31.4 Å². The van der Waals surface area contributed by atoms with Crippen molar-refractivity contribution in [3.63, 3.8) is 0 Å². The molecule has 0 amide bonds. The highest BCUT2D eigenvalue weighted by molar-refractivity contribution is 14.0. The van der Waals surface area contributed by atoms with Gasteiger partial charge < -0.3 is 10.6 Å². The highest BCUT2D eigenvalue weighted by Crippen LogP contribution is 2.25. The fourth-order valence-corrected chi connectivity index (χ4v) is 6.27. The van der Waals surface area contributed by atoms with Crippen molar-refractivity contribution in [2.45, 2.75) is 55.7 Å². The van der Waals surface area contributed by atoms with E-state index in [-0.39, 0.29) is 24.0 Å². The zero-order valence-corrected chi connectivity index (χ0v) is 21.1. The smallest absolute Gasteiger partial charge is 0.243 e. The van der Waals surface area contributed by atoms with Crippen LogP contribution in [-0.2, 0) is 16.6 Å². The molecule has 2 heterocycles. The van der Waals surface area contributed by atoms with E-state index in [9.17, 15) is 8.42 Å². The molecule has 1 unspecified atom stereocenters. The summed E-state index contributed by atoms with van der Waals surface area (Å²) in [7, 11) is -3.37. The Morgan fingerprint density at radius 1 is 1.14 bits per heavy atom. The first-order valence-corrected chi connectivity index (χ1v) is 12.8. The fraction of sp³-hybridized carbons (Fsp3) is 0.650. The van der Waals surface area contributed by atoms with E-state index in [2.05, 4.69) is 22.5 Å².